The SMILES string of the molecule is CCCCCCC1(C)CNCC(CC)O1. The first kappa shape index (κ1) is 13.0. The van der Waals surface area contributed by atoms with Gasteiger partial charge in [0.2, 0.25) is 0 Å². The molecule has 1 aliphatic heterocycles. The second-order valence-electron chi connectivity index (χ2n) is 5.04. The van der Waals surface area contributed by atoms with Gasteiger partial charge < -0.3 is 10.1 Å². The van der Waals surface area contributed by atoms with Gasteiger partial charge in [0.15, 0.2) is 0 Å². The van der Waals surface area contributed by atoms with Gasteiger partial charge >= 0.3 is 0 Å². The maximum Gasteiger partial charge on any atom is 0.0782 e. The van der Waals surface area contributed by atoms with E-state index in [4.69, 9.17) is 4.74 Å². The van der Waals surface area contributed by atoms with Crippen LogP contribution in [0.5, 0.6) is 0 Å². The first-order valence-electron chi connectivity index (χ1n) is 6.58. The summed E-state index contributed by atoms with van der Waals surface area (Å²) in [6.07, 6.45) is 8.09. The van der Waals surface area contributed by atoms with Crippen LogP contribution in [0, 0.1) is 0 Å². The average Bonchev–Trinajstić information content (AvgIpc) is 2.24. The van der Waals surface area contributed by atoms with Crippen LogP contribution in [-0.4, -0.2) is 24.8 Å². The Balaban J connectivity index is 2.24. The van der Waals surface area contributed by atoms with Crippen LogP contribution < -0.4 is 5.32 Å². The van der Waals surface area contributed by atoms with Crippen LogP contribution in [-0.2, 0) is 4.74 Å². The van der Waals surface area contributed by atoms with Crippen molar-refractivity contribution in [1.82, 2.24) is 5.32 Å². The smallest absolute Gasteiger partial charge is 0.0782 e. The fraction of sp³-hybridized carbons (Fsp3) is 1.00. The monoisotopic (exact) mass is 213 g/mol. The predicted molar refractivity (Wildman–Crippen MR) is 65.2 cm³/mol. The molecule has 0 aromatic carbocycles. The first-order chi connectivity index (χ1) is 7.20. The Morgan fingerprint density at radius 1 is 1.27 bits per heavy atom. The molecule has 0 aromatic heterocycles. The van der Waals surface area contributed by atoms with Gasteiger partial charge in [-0.05, 0) is 19.8 Å². The molecule has 2 unspecified atom stereocenters. The zero-order chi connectivity index (χ0) is 11.1. The van der Waals surface area contributed by atoms with Gasteiger partial charge in [-0.1, -0.05) is 39.5 Å². The molecule has 0 aromatic rings. The third-order valence-electron chi connectivity index (χ3n) is 3.34. The van der Waals surface area contributed by atoms with Gasteiger partial charge in [0.1, 0.15) is 0 Å². The normalized spacial score (nSPS) is 31.8. The lowest BCUT2D eigenvalue weighted by atomic mass is 9.95. The molecule has 90 valence electrons. The summed E-state index contributed by atoms with van der Waals surface area (Å²) in [5.41, 5.74) is 0.0899. The Morgan fingerprint density at radius 2 is 2.07 bits per heavy atom. The predicted octanol–water partition coefficient (Wildman–Crippen LogP) is 3.11. The van der Waals surface area contributed by atoms with Gasteiger partial charge in [-0.15, -0.1) is 0 Å². The molecule has 0 bridgehead atoms. The third-order valence-corrected chi connectivity index (χ3v) is 3.34. The van der Waals surface area contributed by atoms with Gasteiger partial charge in [-0.2, -0.15) is 0 Å². The molecule has 15 heavy (non-hydrogen) atoms. The molecule has 0 amide bonds. The maximum absolute atomic E-state index is 6.14. The lowest BCUT2D eigenvalue weighted by Gasteiger charge is -2.39. The van der Waals surface area contributed by atoms with E-state index in [0.29, 0.717) is 6.10 Å². The van der Waals surface area contributed by atoms with Crippen molar-refractivity contribution in [2.75, 3.05) is 13.1 Å². The first-order valence-corrected chi connectivity index (χ1v) is 6.58. The van der Waals surface area contributed by atoms with Crippen LogP contribution in [0.2, 0.25) is 0 Å². The Labute approximate surface area is 94.8 Å². The highest BCUT2D eigenvalue weighted by atomic mass is 16.5. The molecule has 2 nitrogen and oxygen atoms in total. The van der Waals surface area contributed by atoms with E-state index < -0.39 is 0 Å². The van der Waals surface area contributed by atoms with E-state index in [1.54, 1.807) is 0 Å². The summed E-state index contributed by atoms with van der Waals surface area (Å²) in [7, 11) is 0. The molecule has 1 heterocycles. The van der Waals surface area contributed by atoms with E-state index >= 15 is 0 Å². The minimum absolute atomic E-state index is 0.0899. The van der Waals surface area contributed by atoms with E-state index in [0.717, 1.165) is 19.5 Å². The van der Waals surface area contributed by atoms with E-state index in [2.05, 4.69) is 26.1 Å². The Hall–Kier alpha value is -0.0800. The maximum atomic E-state index is 6.14. The molecule has 0 spiro atoms. The molecule has 1 rings (SSSR count). The van der Waals surface area contributed by atoms with Crippen molar-refractivity contribution in [2.45, 2.75) is 71.0 Å². The van der Waals surface area contributed by atoms with Crippen LogP contribution in [0.3, 0.4) is 0 Å². The van der Waals surface area contributed by atoms with E-state index in [1.807, 2.05) is 0 Å². The van der Waals surface area contributed by atoms with Gasteiger partial charge in [-0.3, -0.25) is 0 Å². The minimum Gasteiger partial charge on any atom is -0.369 e. The number of rotatable bonds is 6. The van der Waals surface area contributed by atoms with Gasteiger partial charge in [-0.25, -0.2) is 0 Å². The molecule has 0 saturated carbocycles. The molecule has 1 fully saturated rings. The molecular weight excluding hydrogens is 186 g/mol. The average molecular weight is 213 g/mol. The number of unbranched alkanes of at least 4 members (excludes halogenated alkanes) is 3. The van der Waals surface area contributed by atoms with Crippen LogP contribution in [0.25, 0.3) is 0 Å². The van der Waals surface area contributed by atoms with Crippen LogP contribution >= 0.6 is 0 Å². The lowest BCUT2D eigenvalue weighted by molar-refractivity contribution is -0.111. The molecule has 2 atom stereocenters. The van der Waals surface area contributed by atoms with Crippen LogP contribution in [0.15, 0.2) is 0 Å². The number of nitrogens with one attached hydrogen (secondary N) is 1. The van der Waals surface area contributed by atoms with Crippen molar-refractivity contribution >= 4 is 0 Å². The third kappa shape index (κ3) is 4.52. The number of hydrogen-bond acceptors (Lipinski definition) is 2. The minimum atomic E-state index is 0.0899. The van der Waals surface area contributed by atoms with Crippen molar-refractivity contribution < 1.29 is 4.74 Å². The molecule has 1 saturated heterocycles. The van der Waals surface area contributed by atoms with Gasteiger partial charge in [0, 0.05) is 13.1 Å². The van der Waals surface area contributed by atoms with Gasteiger partial charge in [0.05, 0.1) is 11.7 Å². The highest BCUT2D eigenvalue weighted by molar-refractivity contribution is 4.84. The van der Waals surface area contributed by atoms with Crippen molar-refractivity contribution in [3.63, 3.8) is 0 Å². The summed E-state index contributed by atoms with van der Waals surface area (Å²) < 4.78 is 6.14. The molecule has 0 radical (unpaired) electrons. The summed E-state index contributed by atoms with van der Waals surface area (Å²) in [4.78, 5) is 0. The number of ether oxygens (including phenoxy) is 1. The highest BCUT2D eigenvalue weighted by Gasteiger charge is 2.31. The summed E-state index contributed by atoms with van der Waals surface area (Å²) in [5, 5.41) is 3.49. The number of hydrogen-bond donors (Lipinski definition) is 1. The fourth-order valence-electron chi connectivity index (χ4n) is 2.28. The summed E-state index contributed by atoms with van der Waals surface area (Å²) in [6, 6.07) is 0. The van der Waals surface area contributed by atoms with Crippen molar-refractivity contribution in [1.29, 1.82) is 0 Å². The molecular formula is C13H27NO. The Morgan fingerprint density at radius 3 is 2.73 bits per heavy atom. The largest absolute Gasteiger partial charge is 0.369 e. The van der Waals surface area contributed by atoms with Crippen molar-refractivity contribution in [3.05, 3.63) is 0 Å². The molecule has 1 aliphatic rings. The van der Waals surface area contributed by atoms with Crippen molar-refractivity contribution in [2.24, 2.45) is 0 Å². The van der Waals surface area contributed by atoms with E-state index in [1.165, 1.54) is 32.1 Å². The van der Waals surface area contributed by atoms with E-state index in [9.17, 15) is 0 Å². The Bertz CT molecular complexity index is 172. The quantitative estimate of drug-likeness (QED) is 0.685. The standard InChI is InChI=1S/C13H27NO/c1-4-6-7-8-9-13(3)11-14-10-12(5-2)15-13/h12,14H,4-11H2,1-3H3. The second-order valence-corrected chi connectivity index (χ2v) is 5.04. The zero-order valence-corrected chi connectivity index (χ0v) is 10.6. The summed E-state index contributed by atoms with van der Waals surface area (Å²) in [6.45, 7) is 8.77. The second kappa shape index (κ2) is 6.49. The molecule has 2 heteroatoms. The van der Waals surface area contributed by atoms with Crippen LogP contribution in [0.1, 0.15) is 59.3 Å². The zero-order valence-electron chi connectivity index (χ0n) is 10.6. The fourth-order valence-corrected chi connectivity index (χ4v) is 2.28. The van der Waals surface area contributed by atoms with Gasteiger partial charge in [0.25, 0.3) is 0 Å². The molecule has 1 N–H and O–H groups in total. The number of morpholine rings is 1. The Kier molecular flexibility index (Phi) is 5.62. The van der Waals surface area contributed by atoms with Crippen molar-refractivity contribution in [3.8, 4) is 0 Å². The molecule has 0 aliphatic carbocycles. The van der Waals surface area contributed by atoms with E-state index in [-0.39, 0.29) is 5.60 Å². The van der Waals surface area contributed by atoms with Crippen LogP contribution in [0.4, 0.5) is 0 Å². The lowest BCUT2D eigenvalue weighted by Crippen LogP contribution is -2.51. The topological polar surface area (TPSA) is 21.3 Å². The highest BCUT2D eigenvalue weighted by Crippen LogP contribution is 2.24. The summed E-state index contributed by atoms with van der Waals surface area (Å²) in [5.74, 6) is 0. The summed E-state index contributed by atoms with van der Waals surface area (Å²) >= 11 is 0.